The lowest BCUT2D eigenvalue weighted by atomic mass is 9.91. The summed E-state index contributed by atoms with van der Waals surface area (Å²) in [4.78, 5) is 12.6. The highest BCUT2D eigenvalue weighted by atomic mass is 35.5. The molecule has 7 nitrogen and oxygen atoms in total. The Balaban J connectivity index is 1.28. The maximum atomic E-state index is 14.7. The summed E-state index contributed by atoms with van der Waals surface area (Å²) in [6.07, 6.45) is 5.36. The molecule has 0 amide bonds. The Kier molecular flexibility index (Phi) is 4.24. The van der Waals surface area contributed by atoms with E-state index in [1.54, 1.807) is 6.20 Å². The number of rotatable bonds is 4. The number of fused-ring (bicyclic) bond motifs is 3. The van der Waals surface area contributed by atoms with E-state index in [-0.39, 0.29) is 22.8 Å². The van der Waals surface area contributed by atoms with Gasteiger partial charge in [0.05, 0.1) is 22.7 Å². The van der Waals surface area contributed by atoms with Gasteiger partial charge in [-0.3, -0.25) is 0 Å². The number of nitrogen functional groups attached to an aromatic ring is 1. The number of hydrogen-bond donors (Lipinski definition) is 3. The van der Waals surface area contributed by atoms with Crippen LogP contribution in [0.15, 0.2) is 43.0 Å². The highest BCUT2D eigenvalue weighted by molar-refractivity contribution is 6.33. The molecule has 0 aliphatic heterocycles. The molecule has 32 heavy (non-hydrogen) atoms. The van der Waals surface area contributed by atoms with Gasteiger partial charge < -0.3 is 20.5 Å². The Hall–Kier alpha value is -2.81. The van der Waals surface area contributed by atoms with E-state index in [9.17, 15) is 14.6 Å². The molecular formula is C23H21ClFN5O2. The van der Waals surface area contributed by atoms with Gasteiger partial charge >= 0.3 is 0 Å². The van der Waals surface area contributed by atoms with E-state index in [1.165, 1.54) is 18.5 Å². The van der Waals surface area contributed by atoms with Crippen molar-refractivity contribution < 1.29 is 14.6 Å². The van der Waals surface area contributed by atoms with Crippen molar-refractivity contribution in [2.75, 3.05) is 5.73 Å². The average molecular weight is 454 g/mol. The van der Waals surface area contributed by atoms with Crippen LogP contribution in [0.4, 0.5) is 10.2 Å². The molecule has 3 heterocycles. The van der Waals surface area contributed by atoms with Crippen LogP contribution in [0.3, 0.4) is 0 Å². The second kappa shape index (κ2) is 6.84. The number of aliphatic hydroxyl groups excluding tert-OH is 2. The fourth-order valence-corrected chi connectivity index (χ4v) is 5.80. The molecule has 0 saturated heterocycles. The van der Waals surface area contributed by atoms with Crippen molar-refractivity contribution in [3.8, 4) is 0 Å². The quantitative estimate of drug-likeness (QED) is 0.437. The number of benzene rings is 1. The SMILES string of the molecule is Nc1nc2cc(CC[C@]34C[C@@H]3[C@@H](n3ccc5cncnc53)[C@H](O)[C@@H]4O)cc(F)c2cc1Cl. The first-order valence-electron chi connectivity index (χ1n) is 10.6. The third kappa shape index (κ3) is 2.76. The largest absolute Gasteiger partial charge is 0.390 e. The van der Waals surface area contributed by atoms with Crippen molar-refractivity contribution in [1.29, 1.82) is 0 Å². The summed E-state index contributed by atoms with van der Waals surface area (Å²) in [5, 5.41) is 23.3. The van der Waals surface area contributed by atoms with E-state index in [4.69, 9.17) is 17.3 Å². The van der Waals surface area contributed by atoms with Gasteiger partial charge in [-0.05, 0) is 55.0 Å². The lowest BCUT2D eigenvalue weighted by molar-refractivity contribution is -0.0191. The standard InChI is InChI=1S/C23H21ClFN5O2/c24-15-7-13-16(25)5-11(6-17(13)29-21(15)26)1-3-23-8-14(23)18(19(31)20(23)32)30-4-2-12-9-27-10-28-22(12)30/h2,4-7,9-10,14,18-20,31-32H,1,3,8H2,(H2,26,29)/t14-,18-,19+,20+,23+/m1/s1. The Morgan fingerprint density at radius 3 is 2.97 bits per heavy atom. The molecule has 6 rings (SSSR count). The van der Waals surface area contributed by atoms with Gasteiger partial charge in [0.15, 0.2) is 0 Å². The third-order valence-electron chi connectivity index (χ3n) is 7.36. The summed E-state index contributed by atoms with van der Waals surface area (Å²) >= 11 is 5.98. The zero-order chi connectivity index (χ0) is 22.2. The molecule has 2 fully saturated rings. The molecule has 3 aromatic heterocycles. The molecule has 2 aliphatic carbocycles. The minimum absolute atomic E-state index is 0.121. The topological polar surface area (TPSA) is 110 Å². The van der Waals surface area contributed by atoms with Gasteiger partial charge in [-0.2, -0.15) is 0 Å². The first-order chi connectivity index (χ1) is 15.4. The van der Waals surface area contributed by atoms with Gasteiger partial charge in [-0.25, -0.2) is 19.3 Å². The molecule has 0 unspecified atom stereocenters. The number of pyridine rings is 1. The summed E-state index contributed by atoms with van der Waals surface area (Å²) in [7, 11) is 0. The normalized spacial score (nSPS) is 29.0. The molecule has 164 valence electrons. The summed E-state index contributed by atoms with van der Waals surface area (Å²) in [6, 6.07) is 6.44. The minimum atomic E-state index is -0.892. The van der Waals surface area contributed by atoms with Crippen molar-refractivity contribution in [3.05, 3.63) is 59.4 Å². The maximum absolute atomic E-state index is 14.7. The van der Waals surface area contributed by atoms with Crippen LogP contribution in [0.25, 0.3) is 21.9 Å². The van der Waals surface area contributed by atoms with Crippen LogP contribution in [0, 0.1) is 17.2 Å². The van der Waals surface area contributed by atoms with Gasteiger partial charge in [0.2, 0.25) is 0 Å². The van der Waals surface area contributed by atoms with E-state index in [1.807, 2.05) is 22.9 Å². The number of nitrogens with zero attached hydrogens (tertiary/aromatic N) is 4. The summed E-state index contributed by atoms with van der Waals surface area (Å²) in [5.41, 5.74) is 7.36. The smallest absolute Gasteiger partial charge is 0.143 e. The van der Waals surface area contributed by atoms with E-state index in [2.05, 4.69) is 15.0 Å². The molecule has 4 N–H and O–H groups in total. The zero-order valence-electron chi connectivity index (χ0n) is 17.0. The maximum Gasteiger partial charge on any atom is 0.143 e. The van der Waals surface area contributed by atoms with Crippen molar-refractivity contribution in [2.24, 2.45) is 11.3 Å². The predicted molar refractivity (Wildman–Crippen MR) is 119 cm³/mol. The fourth-order valence-electron chi connectivity index (χ4n) is 5.65. The predicted octanol–water partition coefficient (Wildman–Crippen LogP) is 3.27. The van der Waals surface area contributed by atoms with Crippen molar-refractivity contribution in [1.82, 2.24) is 19.5 Å². The zero-order valence-corrected chi connectivity index (χ0v) is 17.7. The number of aryl methyl sites for hydroxylation is 1. The molecular weight excluding hydrogens is 433 g/mol. The molecule has 0 spiro atoms. The number of hydrogen-bond acceptors (Lipinski definition) is 6. The van der Waals surface area contributed by atoms with Crippen LogP contribution >= 0.6 is 11.6 Å². The monoisotopic (exact) mass is 453 g/mol. The number of anilines is 1. The minimum Gasteiger partial charge on any atom is -0.390 e. The van der Waals surface area contributed by atoms with Gasteiger partial charge in [0.25, 0.3) is 0 Å². The third-order valence-corrected chi connectivity index (χ3v) is 7.66. The van der Waals surface area contributed by atoms with Crippen LogP contribution in [-0.4, -0.2) is 41.9 Å². The lowest BCUT2D eigenvalue weighted by Gasteiger charge is -2.24. The molecule has 0 radical (unpaired) electrons. The van der Waals surface area contributed by atoms with Crippen LogP contribution in [0.5, 0.6) is 0 Å². The van der Waals surface area contributed by atoms with Crippen molar-refractivity contribution in [3.63, 3.8) is 0 Å². The summed E-state index contributed by atoms with van der Waals surface area (Å²) in [5.74, 6) is -0.118. The number of aromatic nitrogens is 4. The molecule has 1 aromatic carbocycles. The summed E-state index contributed by atoms with van der Waals surface area (Å²) in [6.45, 7) is 0. The first-order valence-corrected chi connectivity index (χ1v) is 10.9. The van der Waals surface area contributed by atoms with Crippen LogP contribution in [0.2, 0.25) is 5.02 Å². The molecule has 5 atom stereocenters. The molecule has 2 aliphatic rings. The Morgan fingerprint density at radius 2 is 2.12 bits per heavy atom. The Morgan fingerprint density at radius 1 is 1.28 bits per heavy atom. The van der Waals surface area contributed by atoms with E-state index < -0.39 is 23.4 Å². The number of nitrogens with two attached hydrogens (primary N) is 1. The first kappa shape index (κ1) is 19.8. The van der Waals surface area contributed by atoms with Gasteiger partial charge in [0.1, 0.15) is 29.7 Å². The molecule has 2 saturated carbocycles. The summed E-state index contributed by atoms with van der Waals surface area (Å²) < 4.78 is 16.6. The Labute approximate surface area is 187 Å². The highest BCUT2D eigenvalue weighted by Crippen LogP contribution is 2.69. The Bertz CT molecular complexity index is 1380. The van der Waals surface area contributed by atoms with Crippen LogP contribution < -0.4 is 5.73 Å². The lowest BCUT2D eigenvalue weighted by Crippen LogP contribution is -2.34. The van der Waals surface area contributed by atoms with Gasteiger partial charge in [0, 0.05) is 28.6 Å². The van der Waals surface area contributed by atoms with E-state index in [0.717, 1.165) is 23.0 Å². The number of aliphatic hydroxyl groups is 2. The van der Waals surface area contributed by atoms with Gasteiger partial charge in [-0.15, -0.1) is 0 Å². The molecule has 4 aromatic rings. The average Bonchev–Trinajstić information content (AvgIpc) is 3.28. The van der Waals surface area contributed by atoms with Crippen molar-refractivity contribution >= 4 is 39.4 Å². The molecule has 0 bridgehead atoms. The second-order valence-corrected chi connectivity index (χ2v) is 9.40. The second-order valence-electron chi connectivity index (χ2n) is 8.99. The van der Waals surface area contributed by atoms with Crippen LogP contribution in [0.1, 0.15) is 24.4 Å². The van der Waals surface area contributed by atoms with Crippen LogP contribution in [-0.2, 0) is 6.42 Å². The highest BCUT2D eigenvalue weighted by Gasteiger charge is 2.70. The molecule has 9 heteroatoms. The van der Waals surface area contributed by atoms with Crippen molar-refractivity contribution in [2.45, 2.75) is 37.5 Å². The number of halogens is 2. The fraction of sp³-hybridized carbons (Fsp3) is 0.348. The van der Waals surface area contributed by atoms with E-state index >= 15 is 0 Å². The van der Waals surface area contributed by atoms with E-state index in [0.29, 0.717) is 23.7 Å². The van der Waals surface area contributed by atoms with Gasteiger partial charge in [-0.1, -0.05) is 11.6 Å².